The van der Waals surface area contributed by atoms with E-state index >= 15 is 0 Å². The van der Waals surface area contributed by atoms with Crippen molar-refractivity contribution in [3.63, 3.8) is 0 Å². The zero-order valence-electron chi connectivity index (χ0n) is 27.7. The van der Waals surface area contributed by atoms with Crippen LogP contribution in [0.5, 0.6) is 0 Å². The molecule has 1 aliphatic heterocycles. The minimum atomic E-state index is -5.09. The Kier molecular flexibility index (Phi) is 10.6. The molecule has 1 aliphatic rings. The fourth-order valence-electron chi connectivity index (χ4n) is 6.41. The van der Waals surface area contributed by atoms with Gasteiger partial charge in [-0.25, -0.2) is 0 Å². The Morgan fingerprint density at radius 2 is 1.57 bits per heavy atom. The summed E-state index contributed by atoms with van der Waals surface area (Å²) >= 11 is 0. The molecule has 8 nitrogen and oxygen atoms in total. The highest BCUT2D eigenvalue weighted by molar-refractivity contribution is 5.70. The van der Waals surface area contributed by atoms with Crippen molar-refractivity contribution in [1.82, 2.24) is 20.2 Å². The largest absolute Gasteiger partial charge is 0.469 e. The van der Waals surface area contributed by atoms with E-state index in [1.54, 1.807) is 4.90 Å². The molecule has 0 bridgehead atoms. The van der Waals surface area contributed by atoms with E-state index in [-0.39, 0.29) is 60.3 Å². The second-order valence-corrected chi connectivity index (χ2v) is 13.1. The van der Waals surface area contributed by atoms with Crippen molar-refractivity contribution < 1.29 is 49.0 Å². The van der Waals surface area contributed by atoms with Crippen molar-refractivity contribution in [2.75, 3.05) is 30.0 Å². The lowest BCUT2D eigenvalue weighted by Gasteiger charge is -2.35. The normalized spacial score (nSPS) is 16.0. The molecule has 1 atom stereocenters. The number of aromatic nitrogens is 4. The van der Waals surface area contributed by atoms with Crippen LogP contribution in [0.25, 0.3) is 0 Å². The molecule has 0 spiro atoms. The molecule has 17 heteroatoms. The quantitative estimate of drug-likeness (QED) is 0.164. The summed E-state index contributed by atoms with van der Waals surface area (Å²) in [5.74, 6) is -0.574. The van der Waals surface area contributed by atoms with Crippen LogP contribution >= 0.6 is 0 Å². The molecule has 1 aromatic heterocycles. The average molecular weight is 709 g/mol. The number of hydrogen-bond donors (Lipinski definition) is 0. The Balaban J connectivity index is 1.90. The predicted molar refractivity (Wildman–Crippen MR) is 162 cm³/mol. The summed E-state index contributed by atoms with van der Waals surface area (Å²) in [4.78, 5) is 16.3. The predicted octanol–water partition coefficient (Wildman–Crippen LogP) is 8.21. The maximum Gasteiger partial charge on any atom is 0.416 e. The van der Waals surface area contributed by atoms with Crippen LogP contribution in [-0.4, -0.2) is 46.4 Å². The smallest absolute Gasteiger partial charge is 0.416 e. The zero-order chi connectivity index (χ0) is 36.7. The molecule has 49 heavy (non-hydrogen) atoms. The number of ether oxygens (including phenoxy) is 1. The van der Waals surface area contributed by atoms with Gasteiger partial charge in [-0.1, -0.05) is 25.0 Å². The molecule has 270 valence electrons. The van der Waals surface area contributed by atoms with Crippen molar-refractivity contribution in [3.05, 3.63) is 63.2 Å². The second kappa shape index (κ2) is 13.7. The van der Waals surface area contributed by atoms with Crippen molar-refractivity contribution in [1.29, 1.82) is 0 Å². The van der Waals surface area contributed by atoms with Crippen LogP contribution < -0.4 is 9.80 Å². The van der Waals surface area contributed by atoms with Crippen molar-refractivity contribution in [2.45, 2.75) is 84.5 Å². The van der Waals surface area contributed by atoms with Gasteiger partial charge in [0.15, 0.2) is 0 Å². The number of fused-ring (bicyclic) bond motifs is 1. The van der Waals surface area contributed by atoms with Crippen LogP contribution in [0.4, 0.5) is 51.1 Å². The van der Waals surface area contributed by atoms with Gasteiger partial charge in [-0.05, 0) is 84.2 Å². The molecule has 0 radical (unpaired) electrons. The van der Waals surface area contributed by atoms with Crippen LogP contribution in [0.1, 0.15) is 84.5 Å². The van der Waals surface area contributed by atoms with E-state index < -0.39 is 59.2 Å². The SMILES string of the molecule is COC(=O)CC(C)(C)CCN1CCC[C@H](N(Cc2cc(C(F)(F)F)cc(C(F)(F)F)c2)c2nnn(C)n2)c2cc(C)c(C(F)(F)F)c(C)c21. The molecule has 0 saturated carbocycles. The summed E-state index contributed by atoms with van der Waals surface area (Å²) in [5, 5.41) is 12.0. The fraction of sp³-hybridized carbons (Fsp3) is 0.562. The van der Waals surface area contributed by atoms with E-state index in [1.807, 2.05) is 13.8 Å². The number of carbonyl (C=O) groups is 1. The molecule has 0 fully saturated rings. The highest BCUT2D eigenvalue weighted by Gasteiger charge is 2.41. The maximum atomic E-state index is 14.4. The van der Waals surface area contributed by atoms with Crippen molar-refractivity contribution in [3.8, 4) is 0 Å². The number of hydrogen-bond acceptors (Lipinski definition) is 7. The molecule has 4 rings (SSSR count). The molecule has 3 aromatic rings. The van der Waals surface area contributed by atoms with E-state index in [0.29, 0.717) is 30.5 Å². The minimum Gasteiger partial charge on any atom is -0.469 e. The lowest BCUT2D eigenvalue weighted by Crippen LogP contribution is -2.32. The van der Waals surface area contributed by atoms with Gasteiger partial charge in [0.05, 0.1) is 43.3 Å². The summed E-state index contributed by atoms with van der Waals surface area (Å²) in [7, 11) is 2.68. The summed E-state index contributed by atoms with van der Waals surface area (Å²) in [5.41, 5.74) is -4.37. The van der Waals surface area contributed by atoms with E-state index in [2.05, 4.69) is 15.4 Å². The highest BCUT2D eigenvalue weighted by Crippen LogP contribution is 2.47. The number of carbonyl (C=O) groups excluding carboxylic acids is 1. The number of halogens is 9. The number of nitrogens with zero attached hydrogens (tertiary/aromatic N) is 6. The molecule has 0 saturated heterocycles. The van der Waals surface area contributed by atoms with Gasteiger partial charge < -0.3 is 14.5 Å². The van der Waals surface area contributed by atoms with Crippen LogP contribution in [0.15, 0.2) is 24.3 Å². The Labute approximate surface area is 277 Å². The summed E-state index contributed by atoms with van der Waals surface area (Å²) in [6.45, 7) is 6.29. The molecule has 0 amide bonds. The zero-order valence-corrected chi connectivity index (χ0v) is 27.7. The average Bonchev–Trinajstić information content (AvgIpc) is 3.31. The van der Waals surface area contributed by atoms with Crippen LogP contribution in [-0.2, 0) is 41.7 Å². The first-order chi connectivity index (χ1) is 22.5. The number of aryl methyl sites for hydroxylation is 2. The number of benzene rings is 2. The molecular weight excluding hydrogens is 671 g/mol. The minimum absolute atomic E-state index is 0.0281. The van der Waals surface area contributed by atoms with Gasteiger partial charge in [-0.15, -0.1) is 5.10 Å². The Morgan fingerprint density at radius 1 is 0.959 bits per heavy atom. The lowest BCUT2D eigenvalue weighted by atomic mass is 9.85. The summed E-state index contributed by atoms with van der Waals surface area (Å²) < 4.78 is 131. The monoisotopic (exact) mass is 708 g/mol. The Morgan fingerprint density at radius 3 is 2.08 bits per heavy atom. The number of rotatable bonds is 9. The first-order valence-corrected chi connectivity index (χ1v) is 15.3. The van der Waals surface area contributed by atoms with Gasteiger partial charge in [0.1, 0.15) is 0 Å². The van der Waals surface area contributed by atoms with Gasteiger partial charge >= 0.3 is 24.5 Å². The molecule has 0 N–H and O–H groups in total. The molecular formula is C32H37F9N6O2. The Hall–Kier alpha value is -4.05. The van der Waals surface area contributed by atoms with Gasteiger partial charge in [0.2, 0.25) is 0 Å². The second-order valence-electron chi connectivity index (χ2n) is 13.1. The lowest BCUT2D eigenvalue weighted by molar-refractivity contribution is -0.144. The van der Waals surface area contributed by atoms with E-state index in [4.69, 9.17) is 4.74 Å². The molecule has 0 unspecified atom stereocenters. The molecule has 2 heterocycles. The van der Waals surface area contributed by atoms with E-state index in [9.17, 15) is 44.3 Å². The van der Waals surface area contributed by atoms with E-state index in [0.717, 1.165) is 4.80 Å². The third-order valence-corrected chi connectivity index (χ3v) is 8.67. The number of anilines is 2. The van der Waals surface area contributed by atoms with Crippen molar-refractivity contribution in [2.24, 2.45) is 12.5 Å². The highest BCUT2D eigenvalue weighted by atomic mass is 19.4. The maximum absolute atomic E-state index is 14.4. The van der Waals surface area contributed by atoms with Gasteiger partial charge in [0, 0.05) is 25.3 Å². The fourth-order valence-corrected chi connectivity index (χ4v) is 6.41. The third kappa shape index (κ3) is 8.76. The number of tetrazole rings is 1. The summed E-state index contributed by atoms with van der Waals surface area (Å²) in [6, 6.07) is 1.73. The van der Waals surface area contributed by atoms with Crippen molar-refractivity contribution >= 4 is 17.6 Å². The first-order valence-electron chi connectivity index (χ1n) is 15.3. The van der Waals surface area contributed by atoms with Crippen LogP contribution in [0, 0.1) is 19.3 Å². The van der Waals surface area contributed by atoms with Gasteiger partial charge in [-0.3, -0.25) is 4.79 Å². The van der Waals surface area contributed by atoms with Crippen LogP contribution in [0.2, 0.25) is 0 Å². The summed E-state index contributed by atoms with van der Waals surface area (Å²) in [6.07, 6.45) is -13.8. The third-order valence-electron chi connectivity index (χ3n) is 8.67. The standard InChI is InChI=1S/C32H37F9N6O2/c1-18-12-23-24(8-7-10-46(11-9-29(3,4)16-25(48)49-6)27(23)19(2)26(18)32(39,40)41)47(28-42-44-45(5)43-28)17-20-13-21(30(33,34)35)15-22(14-20)31(36,37)38/h12-15,24H,7-11,16-17H2,1-6H3/t24-/m0/s1. The van der Waals surface area contributed by atoms with Crippen LogP contribution in [0.3, 0.4) is 0 Å². The number of methoxy groups -OCH3 is 1. The van der Waals surface area contributed by atoms with E-state index in [1.165, 1.54) is 39.0 Å². The molecule has 0 aliphatic carbocycles. The number of alkyl halides is 9. The van der Waals surface area contributed by atoms with Gasteiger partial charge in [0.25, 0.3) is 5.95 Å². The van der Waals surface area contributed by atoms with Gasteiger partial charge in [-0.2, -0.15) is 44.3 Å². The number of esters is 1. The molecule has 2 aromatic carbocycles. The first kappa shape index (κ1) is 37.8. The Bertz CT molecular complexity index is 1630. The topological polar surface area (TPSA) is 76.4 Å².